The molecule has 1 aromatic rings. The molecule has 18 heavy (non-hydrogen) atoms. The highest BCUT2D eigenvalue weighted by Gasteiger charge is 2.01. The molecule has 0 heterocycles. The highest BCUT2D eigenvalue weighted by molar-refractivity contribution is 7.98. The number of unbranched alkanes of at least 4 members (excludes halogenated alkanes) is 2. The van der Waals surface area contributed by atoms with E-state index in [4.69, 9.17) is 0 Å². The predicted octanol–water partition coefficient (Wildman–Crippen LogP) is 4.23. The van der Waals surface area contributed by atoms with E-state index in [9.17, 15) is 0 Å². The van der Waals surface area contributed by atoms with Crippen molar-refractivity contribution >= 4 is 11.8 Å². The molecule has 1 aromatic carbocycles. The molecule has 0 aliphatic carbocycles. The zero-order valence-corrected chi connectivity index (χ0v) is 13.1. The number of aryl methyl sites for hydroxylation is 3. The van der Waals surface area contributed by atoms with Gasteiger partial charge >= 0.3 is 0 Å². The standard InChI is InChI=1S/C16H27NS/c1-13-10-15(3)16(11-14(13)2)12-17-8-6-5-7-9-18-4/h10-11,17H,5-9,12H2,1-4H3. The Labute approximate surface area is 117 Å². The Balaban J connectivity index is 2.25. The molecule has 0 bridgehead atoms. The monoisotopic (exact) mass is 265 g/mol. The fourth-order valence-electron chi connectivity index (χ4n) is 2.11. The average Bonchev–Trinajstić information content (AvgIpc) is 2.34. The third-order valence-corrected chi connectivity index (χ3v) is 4.17. The predicted molar refractivity (Wildman–Crippen MR) is 84.6 cm³/mol. The van der Waals surface area contributed by atoms with Crippen molar-refractivity contribution < 1.29 is 0 Å². The molecule has 0 amide bonds. The van der Waals surface area contributed by atoms with E-state index in [0.717, 1.165) is 13.1 Å². The highest BCUT2D eigenvalue weighted by atomic mass is 32.2. The van der Waals surface area contributed by atoms with E-state index in [0.29, 0.717) is 0 Å². The van der Waals surface area contributed by atoms with Crippen LogP contribution in [0.25, 0.3) is 0 Å². The molecule has 0 unspecified atom stereocenters. The van der Waals surface area contributed by atoms with Gasteiger partial charge in [-0.2, -0.15) is 11.8 Å². The Hall–Kier alpha value is -0.470. The van der Waals surface area contributed by atoms with Gasteiger partial charge in [0.15, 0.2) is 0 Å². The molecule has 1 rings (SSSR count). The molecule has 2 heteroatoms. The van der Waals surface area contributed by atoms with Crippen molar-refractivity contribution in [1.82, 2.24) is 5.32 Å². The van der Waals surface area contributed by atoms with Crippen molar-refractivity contribution in [3.05, 3.63) is 34.4 Å². The molecule has 0 fully saturated rings. The summed E-state index contributed by atoms with van der Waals surface area (Å²) >= 11 is 1.95. The van der Waals surface area contributed by atoms with Gasteiger partial charge in [0.1, 0.15) is 0 Å². The maximum atomic E-state index is 3.56. The van der Waals surface area contributed by atoms with Crippen LogP contribution < -0.4 is 5.32 Å². The third kappa shape index (κ3) is 5.45. The summed E-state index contributed by atoms with van der Waals surface area (Å²) < 4.78 is 0. The van der Waals surface area contributed by atoms with E-state index in [1.54, 1.807) is 0 Å². The molecular weight excluding hydrogens is 238 g/mol. The van der Waals surface area contributed by atoms with E-state index in [-0.39, 0.29) is 0 Å². The van der Waals surface area contributed by atoms with Crippen LogP contribution in [0.1, 0.15) is 41.5 Å². The minimum Gasteiger partial charge on any atom is -0.313 e. The van der Waals surface area contributed by atoms with Crippen LogP contribution in [0.4, 0.5) is 0 Å². The van der Waals surface area contributed by atoms with E-state index in [1.165, 1.54) is 47.3 Å². The first-order valence-electron chi connectivity index (χ1n) is 6.91. The second-order valence-electron chi connectivity index (χ2n) is 5.09. The molecule has 1 N–H and O–H groups in total. The number of benzene rings is 1. The minimum atomic E-state index is 1.01. The molecule has 0 atom stereocenters. The lowest BCUT2D eigenvalue weighted by molar-refractivity contribution is 0.617. The summed E-state index contributed by atoms with van der Waals surface area (Å²) in [6, 6.07) is 4.62. The van der Waals surface area contributed by atoms with Crippen LogP contribution in [0.3, 0.4) is 0 Å². The topological polar surface area (TPSA) is 12.0 Å². The van der Waals surface area contributed by atoms with Crippen molar-refractivity contribution in [2.75, 3.05) is 18.6 Å². The lowest BCUT2D eigenvalue weighted by Gasteiger charge is -2.11. The van der Waals surface area contributed by atoms with Crippen LogP contribution in [0.2, 0.25) is 0 Å². The van der Waals surface area contributed by atoms with Gasteiger partial charge in [-0.3, -0.25) is 0 Å². The maximum Gasteiger partial charge on any atom is 0.0208 e. The average molecular weight is 265 g/mol. The van der Waals surface area contributed by atoms with Crippen molar-refractivity contribution in [3.8, 4) is 0 Å². The Morgan fingerprint density at radius 2 is 1.67 bits per heavy atom. The van der Waals surface area contributed by atoms with Gasteiger partial charge in [0.05, 0.1) is 0 Å². The van der Waals surface area contributed by atoms with Gasteiger partial charge < -0.3 is 5.32 Å². The molecule has 0 aliphatic rings. The smallest absolute Gasteiger partial charge is 0.0208 e. The Bertz CT molecular complexity index is 360. The molecule has 0 aromatic heterocycles. The van der Waals surface area contributed by atoms with Crippen LogP contribution in [-0.2, 0) is 6.54 Å². The Morgan fingerprint density at radius 1 is 0.944 bits per heavy atom. The summed E-state index contributed by atoms with van der Waals surface area (Å²) in [5.74, 6) is 1.30. The summed E-state index contributed by atoms with van der Waals surface area (Å²) in [5, 5.41) is 3.56. The first-order chi connectivity index (χ1) is 8.65. The number of nitrogens with one attached hydrogen (secondary N) is 1. The SMILES string of the molecule is CSCCCCCNCc1cc(C)c(C)cc1C. The first kappa shape index (κ1) is 15.6. The van der Waals surface area contributed by atoms with Crippen LogP contribution in [0.5, 0.6) is 0 Å². The van der Waals surface area contributed by atoms with E-state index in [2.05, 4.69) is 44.5 Å². The van der Waals surface area contributed by atoms with Crippen molar-refractivity contribution in [3.63, 3.8) is 0 Å². The second kappa shape index (κ2) is 8.60. The fraction of sp³-hybridized carbons (Fsp3) is 0.625. The van der Waals surface area contributed by atoms with Crippen molar-refractivity contribution in [1.29, 1.82) is 0 Å². The number of hydrogen-bond acceptors (Lipinski definition) is 2. The molecule has 1 nitrogen and oxygen atoms in total. The Morgan fingerprint density at radius 3 is 2.39 bits per heavy atom. The van der Waals surface area contributed by atoms with Crippen LogP contribution in [-0.4, -0.2) is 18.6 Å². The van der Waals surface area contributed by atoms with E-state index >= 15 is 0 Å². The lowest BCUT2D eigenvalue weighted by atomic mass is 10.0. The summed E-state index contributed by atoms with van der Waals surface area (Å²) in [4.78, 5) is 0. The summed E-state index contributed by atoms with van der Waals surface area (Å²) in [6.45, 7) is 8.74. The summed E-state index contributed by atoms with van der Waals surface area (Å²) in [7, 11) is 0. The normalized spacial score (nSPS) is 10.9. The van der Waals surface area contributed by atoms with Crippen LogP contribution in [0.15, 0.2) is 12.1 Å². The van der Waals surface area contributed by atoms with Gasteiger partial charge in [-0.05, 0) is 74.4 Å². The Kier molecular flexibility index (Phi) is 7.45. The molecule has 0 radical (unpaired) electrons. The zero-order valence-electron chi connectivity index (χ0n) is 12.3. The van der Waals surface area contributed by atoms with Crippen molar-refractivity contribution in [2.24, 2.45) is 0 Å². The number of hydrogen-bond donors (Lipinski definition) is 1. The third-order valence-electron chi connectivity index (χ3n) is 3.47. The summed E-state index contributed by atoms with van der Waals surface area (Å²) in [5.41, 5.74) is 5.65. The maximum absolute atomic E-state index is 3.56. The quantitative estimate of drug-likeness (QED) is 0.706. The molecule has 0 aliphatic heterocycles. The summed E-state index contributed by atoms with van der Waals surface area (Å²) in [6.07, 6.45) is 6.18. The second-order valence-corrected chi connectivity index (χ2v) is 6.08. The molecular formula is C16H27NS. The van der Waals surface area contributed by atoms with E-state index in [1.807, 2.05) is 11.8 Å². The van der Waals surface area contributed by atoms with Gasteiger partial charge in [-0.15, -0.1) is 0 Å². The molecule has 0 spiro atoms. The minimum absolute atomic E-state index is 1.01. The molecule has 0 saturated carbocycles. The zero-order chi connectivity index (χ0) is 13.4. The molecule has 0 saturated heterocycles. The lowest BCUT2D eigenvalue weighted by Crippen LogP contribution is -2.15. The van der Waals surface area contributed by atoms with Gasteiger partial charge in [0.25, 0.3) is 0 Å². The van der Waals surface area contributed by atoms with Gasteiger partial charge in [0.2, 0.25) is 0 Å². The van der Waals surface area contributed by atoms with Gasteiger partial charge in [0, 0.05) is 6.54 Å². The molecule has 102 valence electrons. The largest absolute Gasteiger partial charge is 0.313 e. The fourth-order valence-corrected chi connectivity index (χ4v) is 2.60. The first-order valence-corrected chi connectivity index (χ1v) is 8.31. The number of thioether (sulfide) groups is 1. The van der Waals surface area contributed by atoms with Crippen LogP contribution >= 0.6 is 11.8 Å². The highest BCUT2D eigenvalue weighted by Crippen LogP contribution is 2.15. The van der Waals surface area contributed by atoms with Gasteiger partial charge in [-0.1, -0.05) is 18.6 Å². The van der Waals surface area contributed by atoms with Crippen LogP contribution in [0, 0.1) is 20.8 Å². The van der Waals surface area contributed by atoms with E-state index < -0.39 is 0 Å². The van der Waals surface area contributed by atoms with Crippen molar-refractivity contribution in [2.45, 2.75) is 46.6 Å². The number of rotatable bonds is 8. The van der Waals surface area contributed by atoms with Gasteiger partial charge in [-0.25, -0.2) is 0 Å².